The maximum atomic E-state index is 10.3. The zero-order chi connectivity index (χ0) is 45.9. The lowest BCUT2D eigenvalue weighted by atomic mass is 10.0. The Morgan fingerprint density at radius 3 is 1.47 bits per heavy atom. The molecule has 12 aromatic rings. The summed E-state index contributed by atoms with van der Waals surface area (Å²) in [6.45, 7) is 8.88. The standard InChI is InChI=1S/C62H40N6/c1-3-44(66-57-23-11-9-20-51(57)53-30-28-42(40-64)37-62(53)66)38-43(32-34-63)41(2)36-46(68-60-26-14-7-18-49(60)50-19-8-15-27-61(50)68)33-35-65-55-22-10-4-21-52(55)54-39-45(29-31-56(54)65)67-58-24-12-5-16-47(58)48-17-6-13-25-59(48)67/h3-33,35-39H,1-2H2/b35-33+,43-32-,44-38+,46-36+. The van der Waals surface area contributed by atoms with Crippen LogP contribution in [0.3, 0.4) is 0 Å². The van der Waals surface area contributed by atoms with E-state index in [9.17, 15) is 10.5 Å². The first kappa shape index (κ1) is 39.9. The van der Waals surface area contributed by atoms with E-state index in [1.165, 1.54) is 27.9 Å². The number of allylic oxidation sites excluding steroid dienone is 9. The fourth-order valence-corrected chi connectivity index (χ4v) is 10.3. The highest BCUT2D eigenvalue weighted by Gasteiger charge is 2.18. The summed E-state index contributed by atoms with van der Waals surface area (Å²) in [5.74, 6) is 0. The van der Waals surface area contributed by atoms with Crippen molar-refractivity contribution in [1.29, 1.82) is 10.5 Å². The lowest BCUT2D eigenvalue weighted by molar-refractivity contribution is 1.18. The van der Waals surface area contributed by atoms with Crippen LogP contribution in [-0.2, 0) is 0 Å². The second-order valence-electron chi connectivity index (χ2n) is 16.9. The molecule has 0 spiro atoms. The Kier molecular flexibility index (Phi) is 9.46. The van der Waals surface area contributed by atoms with Crippen LogP contribution in [0.2, 0.25) is 0 Å². The Balaban J connectivity index is 1.04. The van der Waals surface area contributed by atoms with Gasteiger partial charge in [-0.25, -0.2) is 0 Å². The van der Waals surface area contributed by atoms with E-state index in [0.717, 1.165) is 82.5 Å². The molecule has 0 atom stereocenters. The van der Waals surface area contributed by atoms with Gasteiger partial charge >= 0.3 is 0 Å². The van der Waals surface area contributed by atoms with Gasteiger partial charge in [-0.2, -0.15) is 10.5 Å². The molecule has 0 unspecified atom stereocenters. The Morgan fingerprint density at radius 1 is 0.456 bits per heavy atom. The Hall–Kier alpha value is -9.62. The molecule has 6 nitrogen and oxygen atoms in total. The van der Waals surface area contributed by atoms with Crippen molar-refractivity contribution in [1.82, 2.24) is 18.3 Å². The normalized spacial score (nSPS) is 12.7. The molecule has 4 heterocycles. The average Bonchev–Trinajstić information content (AvgIpc) is 4.11. The SMILES string of the molecule is C=C/C(=C\C(=C\C#N)C(=C)/C=C(\C=C\n1c2ccccc2c2cc(-n3c4ccccc4c4ccccc43)ccc21)n1c2ccccc2c2ccccc21)n1c2ccccc2c2ccc(C#N)cc21. The zero-order valence-corrected chi connectivity index (χ0v) is 36.9. The Labute approximate surface area is 391 Å². The number of benzene rings is 8. The molecule has 68 heavy (non-hydrogen) atoms. The second-order valence-corrected chi connectivity index (χ2v) is 16.9. The molecule has 0 aliphatic rings. The van der Waals surface area contributed by atoms with E-state index in [1.54, 1.807) is 6.08 Å². The second kappa shape index (κ2) is 16.1. The lowest BCUT2D eigenvalue weighted by Gasteiger charge is -2.13. The molecular formula is C62H40N6. The third kappa shape index (κ3) is 6.25. The highest BCUT2D eigenvalue weighted by molar-refractivity contribution is 6.14. The third-order valence-electron chi connectivity index (χ3n) is 13.3. The Bertz CT molecular complexity index is 4220. The molecule has 0 N–H and O–H groups in total. The summed E-state index contributed by atoms with van der Waals surface area (Å²) in [5, 5.41) is 29.3. The molecule has 0 aliphatic heterocycles. The van der Waals surface area contributed by atoms with Crippen LogP contribution in [0.25, 0.3) is 111 Å². The molecule has 0 saturated heterocycles. The summed E-state index contributed by atoms with van der Waals surface area (Å²) >= 11 is 0. The van der Waals surface area contributed by atoms with Crippen LogP contribution in [0.4, 0.5) is 0 Å². The molecule has 12 rings (SSSR count). The van der Waals surface area contributed by atoms with Crippen LogP contribution < -0.4 is 0 Å². The van der Waals surface area contributed by atoms with Gasteiger partial charge in [0.05, 0.1) is 61.8 Å². The van der Waals surface area contributed by atoms with Crippen molar-refractivity contribution in [3.8, 4) is 17.8 Å². The van der Waals surface area contributed by atoms with E-state index in [-0.39, 0.29) is 0 Å². The van der Waals surface area contributed by atoms with Crippen LogP contribution in [0.1, 0.15) is 5.56 Å². The van der Waals surface area contributed by atoms with Crippen molar-refractivity contribution in [2.24, 2.45) is 0 Å². The number of rotatable bonds is 9. The van der Waals surface area contributed by atoms with Gasteiger partial charge in [0.25, 0.3) is 0 Å². The molecule has 0 aliphatic carbocycles. The van der Waals surface area contributed by atoms with Gasteiger partial charge in [0.15, 0.2) is 0 Å². The van der Waals surface area contributed by atoms with Crippen LogP contribution in [-0.4, -0.2) is 18.3 Å². The van der Waals surface area contributed by atoms with Gasteiger partial charge in [-0.1, -0.05) is 128 Å². The van der Waals surface area contributed by atoms with Crippen molar-refractivity contribution >= 4 is 105 Å². The van der Waals surface area contributed by atoms with Gasteiger partial charge < -0.3 is 18.3 Å². The number of nitrogens with zero attached hydrogens (tertiary/aromatic N) is 6. The third-order valence-corrected chi connectivity index (χ3v) is 13.3. The fraction of sp³-hybridized carbons (Fsp3) is 0. The predicted molar refractivity (Wildman–Crippen MR) is 284 cm³/mol. The Morgan fingerprint density at radius 2 is 0.926 bits per heavy atom. The largest absolute Gasteiger partial charge is 0.316 e. The predicted octanol–water partition coefficient (Wildman–Crippen LogP) is 15.7. The van der Waals surface area contributed by atoms with Crippen molar-refractivity contribution in [2.75, 3.05) is 0 Å². The highest BCUT2D eigenvalue weighted by Crippen LogP contribution is 2.38. The van der Waals surface area contributed by atoms with E-state index >= 15 is 0 Å². The molecule has 8 aromatic carbocycles. The maximum Gasteiger partial charge on any atom is 0.0992 e. The summed E-state index contributed by atoms with van der Waals surface area (Å²) in [5.41, 5.74) is 12.9. The van der Waals surface area contributed by atoms with Crippen LogP contribution >= 0.6 is 0 Å². The summed E-state index contributed by atoms with van der Waals surface area (Å²) in [7, 11) is 0. The average molecular weight is 869 g/mol. The van der Waals surface area contributed by atoms with E-state index in [0.29, 0.717) is 16.7 Å². The number of hydrogen-bond donors (Lipinski definition) is 0. The van der Waals surface area contributed by atoms with Gasteiger partial charge in [0, 0.05) is 72.4 Å². The minimum Gasteiger partial charge on any atom is -0.316 e. The van der Waals surface area contributed by atoms with E-state index < -0.39 is 0 Å². The molecule has 0 saturated carbocycles. The first-order chi connectivity index (χ1) is 33.5. The van der Waals surface area contributed by atoms with Crippen molar-refractivity contribution in [3.63, 3.8) is 0 Å². The van der Waals surface area contributed by atoms with Gasteiger partial charge in [-0.15, -0.1) is 0 Å². The smallest absolute Gasteiger partial charge is 0.0992 e. The molecule has 0 amide bonds. The van der Waals surface area contributed by atoms with Gasteiger partial charge in [0.1, 0.15) is 0 Å². The number of aromatic nitrogens is 4. The van der Waals surface area contributed by atoms with Gasteiger partial charge in [0.2, 0.25) is 0 Å². The first-order valence-electron chi connectivity index (χ1n) is 22.5. The minimum atomic E-state index is 0.555. The fourth-order valence-electron chi connectivity index (χ4n) is 10.3. The quantitative estimate of drug-likeness (QED) is 0.107. The number of fused-ring (bicyclic) bond motifs is 12. The molecule has 0 bridgehead atoms. The molecule has 0 fully saturated rings. The topological polar surface area (TPSA) is 67.3 Å². The molecular weight excluding hydrogens is 829 g/mol. The van der Waals surface area contributed by atoms with Crippen molar-refractivity contribution < 1.29 is 0 Å². The lowest BCUT2D eigenvalue weighted by Crippen LogP contribution is -1.99. The maximum absolute atomic E-state index is 10.3. The van der Waals surface area contributed by atoms with Crippen LogP contribution in [0.5, 0.6) is 0 Å². The van der Waals surface area contributed by atoms with Gasteiger partial charge in [-0.05, 0) is 102 Å². The van der Waals surface area contributed by atoms with Crippen LogP contribution in [0.15, 0.2) is 237 Å². The van der Waals surface area contributed by atoms with Crippen LogP contribution in [0, 0.1) is 22.7 Å². The number of para-hydroxylation sites is 6. The zero-order valence-electron chi connectivity index (χ0n) is 36.9. The molecule has 0 radical (unpaired) electrons. The van der Waals surface area contributed by atoms with E-state index in [4.69, 9.17) is 0 Å². The number of hydrogen-bond acceptors (Lipinski definition) is 2. The van der Waals surface area contributed by atoms with Crippen molar-refractivity contribution in [2.45, 2.75) is 0 Å². The molecule has 4 aromatic heterocycles. The number of nitriles is 2. The highest BCUT2D eigenvalue weighted by atomic mass is 15.0. The van der Waals surface area contributed by atoms with E-state index in [2.05, 4.69) is 214 Å². The summed E-state index contributed by atoms with van der Waals surface area (Å²) < 4.78 is 9.01. The monoisotopic (exact) mass is 868 g/mol. The summed E-state index contributed by atoms with van der Waals surface area (Å²) in [4.78, 5) is 0. The minimum absolute atomic E-state index is 0.555. The molecule has 318 valence electrons. The first-order valence-corrected chi connectivity index (χ1v) is 22.5. The van der Waals surface area contributed by atoms with Crippen molar-refractivity contribution in [3.05, 3.63) is 242 Å². The summed E-state index contributed by atoms with van der Waals surface area (Å²) in [6.07, 6.45) is 11.6. The van der Waals surface area contributed by atoms with E-state index in [1.807, 2.05) is 36.4 Å². The van der Waals surface area contributed by atoms with Gasteiger partial charge in [-0.3, -0.25) is 0 Å². The summed E-state index contributed by atoms with van der Waals surface area (Å²) in [6, 6.07) is 68.0. The molecule has 6 heteroatoms.